The average molecular weight is 373 g/mol. The Bertz CT molecular complexity index is 890. The van der Waals surface area contributed by atoms with E-state index in [1.807, 2.05) is 5.38 Å². The molecule has 0 saturated heterocycles. The minimum Gasteiger partial charge on any atom is -0.451 e. The van der Waals surface area contributed by atoms with Gasteiger partial charge in [0.25, 0.3) is 0 Å². The Morgan fingerprint density at radius 2 is 1.88 bits per heavy atom. The molecule has 6 heteroatoms. The minimum atomic E-state index is -0.918. The Labute approximate surface area is 156 Å². The molecular formula is C20H23NO4S. The lowest BCUT2D eigenvalue weighted by Crippen LogP contribution is -2.25. The summed E-state index contributed by atoms with van der Waals surface area (Å²) in [7, 11) is 0. The van der Waals surface area contributed by atoms with E-state index < -0.39 is 12.1 Å². The number of aromatic amines is 1. The molecule has 0 spiro atoms. The highest BCUT2D eigenvalue weighted by molar-refractivity contribution is 7.10. The number of thiophene rings is 1. The van der Waals surface area contributed by atoms with Gasteiger partial charge in [0, 0.05) is 21.5 Å². The van der Waals surface area contributed by atoms with Crippen LogP contribution in [0.2, 0.25) is 0 Å². The molecule has 1 aliphatic rings. The molecule has 0 fully saturated rings. The number of H-pyrrole nitrogens is 1. The van der Waals surface area contributed by atoms with Crippen LogP contribution >= 0.6 is 11.3 Å². The molecule has 3 rings (SSSR count). The number of nitrogens with one attached hydrogen (secondary N) is 1. The summed E-state index contributed by atoms with van der Waals surface area (Å²) in [4.78, 5) is 41.3. The second-order valence-corrected chi connectivity index (χ2v) is 7.82. The number of rotatable bonds is 5. The molecular weight excluding hydrogens is 350 g/mol. The topological polar surface area (TPSA) is 76.2 Å². The second kappa shape index (κ2) is 7.19. The van der Waals surface area contributed by atoms with E-state index in [-0.39, 0.29) is 11.6 Å². The summed E-state index contributed by atoms with van der Waals surface area (Å²) in [6, 6.07) is 0. The average Bonchev–Trinajstić information content (AvgIpc) is 3.14. The lowest BCUT2D eigenvalue weighted by Gasteiger charge is -2.15. The maximum atomic E-state index is 12.7. The molecule has 0 bridgehead atoms. The molecule has 0 aliphatic heterocycles. The van der Waals surface area contributed by atoms with Gasteiger partial charge >= 0.3 is 5.97 Å². The third kappa shape index (κ3) is 3.26. The Kier molecular flexibility index (Phi) is 5.14. The highest BCUT2D eigenvalue weighted by Crippen LogP contribution is 2.31. The van der Waals surface area contributed by atoms with Gasteiger partial charge in [-0.2, -0.15) is 0 Å². The molecule has 1 aliphatic carbocycles. The molecule has 2 aromatic heterocycles. The van der Waals surface area contributed by atoms with Gasteiger partial charge in [-0.1, -0.05) is 0 Å². The van der Waals surface area contributed by atoms with Crippen molar-refractivity contribution in [2.45, 2.75) is 59.5 Å². The van der Waals surface area contributed by atoms with Crippen molar-refractivity contribution in [1.82, 2.24) is 4.98 Å². The molecule has 0 unspecified atom stereocenters. The van der Waals surface area contributed by atoms with Crippen molar-refractivity contribution in [1.29, 1.82) is 0 Å². The van der Waals surface area contributed by atoms with E-state index in [1.54, 1.807) is 32.1 Å². The maximum absolute atomic E-state index is 12.7. The van der Waals surface area contributed by atoms with E-state index in [0.29, 0.717) is 28.1 Å². The van der Waals surface area contributed by atoms with Gasteiger partial charge in [-0.3, -0.25) is 9.59 Å². The van der Waals surface area contributed by atoms with Crippen molar-refractivity contribution in [3.8, 4) is 0 Å². The number of aromatic nitrogens is 1. The summed E-state index contributed by atoms with van der Waals surface area (Å²) in [6.45, 7) is 6.54. The van der Waals surface area contributed by atoms with Crippen LogP contribution in [-0.2, 0) is 17.6 Å². The molecule has 2 aromatic rings. The smallest absolute Gasteiger partial charge is 0.339 e. The summed E-state index contributed by atoms with van der Waals surface area (Å²) in [6.07, 6.45) is 3.21. The number of aryl methyl sites for hydroxylation is 2. The van der Waals surface area contributed by atoms with Gasteiger partial charge in [0.05, 0.1) is 11.3 Å². The number of hydrogen-bond donors (Lipinski definition) is 1. The summed E-state index contributed by atoms with van der Waals surface area (Å²) in [5.74, 6) is -0.863. The van der Waals surface area contributed by atoms with Crippen LogP contribution in [0.25, 0.3) is 0 Å². The van der Waals surface area contributed by atoms with E-state index in [2.05, 4.69) is 4.98 Å². The van der Waals surface area contributed by atoms with E-state index >= 15 is 0 Å². The number of hydrogen-bond acceptors (Lipinski definition) is 5. The van der Waals surface area contributed by atoms with Crippen molar-refractivity contribution >= 4 is 28.9 Å². The fourth-order valence-corrected chi connectivity index (χ4v) is 4.79. The summed E-state index contributed by atoms with van der Waals surface area (Å²) < 4.78 is 5.45. The molecule has 5 nitrogen and oxygen atoms in total. The van der Waals surface area contributed by atoms with Crippen LogP contribution in [0.5, 0.6) is 0 Å². The Morgan fingerprint density at radius 3 is 2.54 bits per heavy atom. The van der Waals surface area contributed by atoms with Crippen LogP contribution in [0, 0.1) is 13.8 Å². The lowest BCUT2D eigenvalue weighted by atomic mass is 9.96. The van der Waals surface area contributed by atoms with E-state index in [1.165, 1.54) is 11.8 Å². The second-order valence-electron chi connectivity index (χ2n) is 6.85. The molecule has 0 radical (unpaired) electrons. The zero-order chi connectivity index (χ0) is 19.0. The highest BCUT2D eigenvalue weighted by Gasteiger charge is 2.28. The van der Waals surface area contributed by atoms with Crippen molar-refractivity contribution in [2.75, 3.05) is 0 Å². The van der Waals surface area contributed by atoms with E-state index in [9.17, 15) is 14.4 Å². The van der Waals surface area contributed by atoms with Gasteiger partial charge < -0.3 is 9.72 Å². The first-order valence-corrected chi connectivity index (χ1v) is 9.73. The van der Waals surface area contributed by atoms with Gasteiger partial charge in [0.2, 0.25) is 5.78 Å². The monoisotopic (exact) mass is 373 g/mol. The molecule has 0 saturated carbocycles. The standard InChI is InChI=1S/C20H23NO4S/c1-10-17(12(3)22)11(2)21-18(10)19(23)13(4)25-20(24)15-9-26-16-8-6-5-7-14(15)16/h9,13,21H,5-8H2,1-4H3/t13-/m1/s1. The largest absolute Gasteiger partial charge is 0.451 e. The van der Waals surface area contributed by atoms with Gasteiger partial charge in [-0.05, 0) is 64.5 Å². The van der Waals surface area contributed by atoms with Crippen LogP contribution < -0.4 is 0 Å². The van der Waals surface area contributed by atoms with Crippen molar-refractivity contribution in [3.63, 3.8) is 0 Å². The van der Waals surface area contributed by atoms with Crippen LogP contribution in [0.1, 0.15) is 79.6 Å². The highest BCUT2D eigenvalue weighted by atomic mass is 32.1. The number of esters is 1. The van der Waals surface area contributed by atoms with Crippen LogP contribution in [0.4, 0.5) is 0 Å². The first-order chi connectivity index (χ1) is 12.3. The predicted molar refractivity (Wildman–Crippen MR) is 100 cm³/mol. The molecule has 0 aromatic carbocycles. The number of carbonyl (C=O) groups excluding carboxylic acids is 3. The Hall–Kier alpha value is -2.21. The van der Waals surface area contributed by atoms with Gasteiger partial charge in [-0.25, -0.2) is 4.79 Å². The zero-order valence-corrected chi connectivity index (χ0v) is 16.3. The summed E-state index contributed by atoms with van der Waals surface area (Å²) in [5.41, 5.74) is 3.79. The van der Waals surface area contributed by atoms with Crippen LogP contribution in [-0.4, -0.2) is 28.6 Å². The maximum Gasteiger partial charge on any atom is 0.339 e. The Morgan fingerprint density at radius 1 is 1.19 bits per heavy atom. The number of ketones is 2. The van der Waals surface area contributed by atoms with Crippen molar-refractivity contribution in [2.24, 2.45) is 0 Å². The van der Waals surface area contributed by atoms with E-state index in [4.69, 9.17) is 4.74 Å². The first-order valence-electron chi connectivity index (χ1n) is 8.85. The lowest BCUT2D eigenvalue weighted by molar-refractivity contribution is 0.0316. The molecule has 1 N–H and O–H groups in total. The van der Waals surface area contributed by atoms with Gasteiger partial charge in [-0.15, -0.1) is 11.3 Å². The Balaban J connectivity index is 1.78. The van der Waals surface area contributed by atoms with Crippen molar-refractivity contribution < 1.29 is 19.1 Å². The first kappa shape index (κ1) is 18.6. The predicted octanol–water partition coefficient (Wildman–Crippen LogP) is 4.20. The molecule has 2 heterocycles. The molecule has 138 valence electrons. The SMILES string of the molecule is CC(=O)c1c(C)[nH]c(C(=O)[C@@H](C)OC(=O)c2csc3c2CCCC3)c1C. The van der Waals surface area contributed by atoms with E-state index in [0.717, 1.165) is 31.2 Å². The van der Waals surface area contributed by atoms with Gasteiger partial charge in [0.1, 0.15) is 0 Å². The number of carbonyl (C=O) groups is 3. The quantitative estimate of drug-likeness (QED) is 0.629. The third-order valence-corrected chi connectivity index (χ3v) is 6.06. The zero-order valence-electron chi connectivity index (χ0n) is 15.5. The molecule has 1 atom stereocenters. The van der Waals surface area contributed by atoms with Crippen molar-refractivity contribution in [3.05, 3.63) is 43.9 Å². The third-order valence-electron chi connectivity index (χ3n) is 4.97. The number of Topliss-reactive ketones (excluding diaryl/α,β-unsaturated/α-hetero) is 2. The minimum absolute atomic E-state index is 0.0927. The normalized spacial score (nSPS) is 14.6. The molecule has 26 heavy (non-hydrogen) atoms. The van der Waals surface area contributed by atoms with Crippen LogP contribution in [0.3, 0.4) is 0 Å². The molecule has 0 amide bonds. The summed E-state index contributed by atoms with van der Waals surface area (Å²) in [5, 5.41) is 1.84. The van der Waals surface area contributed by atoms with Crippen LogP contribution in [0.15, 0.2) is 5.38 Å². The fourth-order valence-electron chi connectivity index (χ4n) is 3.67. The fraction of sp³-hybridized carbons (Fsp3) is 0.450. The number of ether oxygens (including phenoxy) is 1. The summed E-state index contributed by atoms with van der Waals surface area (Å²) >= 11 is 1.59. The van der Waals surface area contributed by atoms with Gasteiger partial charge in [0.15, 0.2) is 11.9 Å². The number of fused-ring (bicyclic) bond motifs is 1.